The van der Waals surface area contributed by atoms with Crippen LogP contribution in [-0.2, 0) is 16.0 Å². The van der Waals surface area contributed by atoms with Crippen LogP contribution in [0.15, 0.2) is 12.5 Å². The van der Waals surface area contributed by atoms with E-state index in [0.29, 0.717) is 12.3 Å². The van der Waals surface area contributed by atoms with Crippen LogP contribution in [0.4, 0.5) is 4.79 Å². The molecule has 0 aromatic carbocycles. The fourth-order valence-corrected chi connectivity index (χ4v) is 1.76. The van der Waals surface area contributed by atoms with E-state index in [1.165, 1.54) is 12.5 Å². The lowest BCUT2D eigenvalue weighted by Crippen LogP contribution is -2.50. The molecule has 1 atom stereocenters. The fourth-order valence-electron chi connectivity index (χ4n) is 1.76. The Kier molecular flexibility index (Phi) is 6.16. The van der Waals surface area contributed by atoms with E-state index in [9.17, 15) is 9.59 Å². The van der Waals surface area contributed by atoms with Crippen molar-refractivity contribution in [3.05, 3.63) is 18.2 Å². The second-order valence-electron chi connectivity index (χ2n) is 5.19. The Labute approximate surface area is 123 Å². The third-order valence-corrected chi connectivity index (χ3v) is 2.79. The number of carbonyl (C=O) groups is 2. The summed E-state index contributed by atoms with van der Waals surface area (Å²) in [5, 5.41) is 14.2. The summed E-state index contributed by atoms with van der Waals surface area (Å²) in [5.74, 6) is -1.11. The third kappa shape index (κ3) is 6.26. The van der Waals surface area contributed by atoms with Crippen molar-refractivity contribution in [3.63, 3.8) is 0 Å². The number of urea groups is 1. The average Bonchev–Trinajstić information content (AvgIpc) is 2.88. The van der Waals surface area contributed by atoms with Crippen LogP contribution < -0.4 is 10.6 Å². The second-order valence-corrected chi connectivity index (χ2v) is 5.19. The van der Waals surface area contributed by atoms with Gasteiger partial charge in [-0.15, -0.1) is 0 Å². The molecule has 8 nitrogen and oxygen atoms in total. The van der Waals surface area contributed by atoms with Crippen molar-refractivity contribution in [3.8, 4) is 0 Å². The van der Waals surface area contributed by atoms with E-state index in [0.717, 1.165) is 0 Å². The van der Waals surface area contributed by atoms with Crippen molar-refractivity contribution in [2.45, 2.75) is 38.8 Å². The highest BCUT2D eigenvalue weighted by Gasteiger charge is 2.23. The van der Waals surface area contributed by atoms with Gasteiger partial charge in [0.2, 0.25) is 0 Å². The van der Waals surface area contributed by atoms with Gasteiger partial charge < -0.3 is 25.5 Å². The molecule has 0 radical (unpaired) electrons. The Morgan fingerprint density at radius 3 is 2.76 bits per heavy atom. The predicted octanol–water partition coefficient (Wildman–Crippen LogP) is 0.520. The number of aromatic amines is 1. The van der Waals surface area contributed by atoms with E-state index in [-0.39, 0.29) is 13.0 Å². The topological polar surface area (TPSA) is 116 Å². The van der Waals surface area contributed by atoms with Crippen molar-refractivity contribution in [2.75, 3.05) is 13.2 Å². The monoisotopic (exact) mass is 298 g/mol. The number of ether oxygens (including phenoxy) is 1. The maximum Gasteiger partial charge on any atom is 0.326 e. The summed E-state index contributed by atoms with van der Waals surface area (Å²) in [6.45, 7) is 6.37. The molecular weight excluding hydrogens is 276 g/mol. The Bertz CT molecular complexity index is 459. The van der Waals surface area contributed by atoms with Crippen LogP contribution in [0, 0.1) is 0 Å². The standard InChI is InChI=1S/C13H22N4O4/c1-4-21-13(2,3)7-15-12(20)17-10(11(18)19)5-9-6-14-8-16-9/h6,8,10H,4-5,7H2,1-3H3,(H,14,16)(H,18,19)(H2,15,17,20)/t10-/m0/s1. The molecule has 8 heteroatoms. The van der Waals surface area contributed by atoms with Crippen molar-refractivity contribution in [1.82, 2.24) is 20.6 Å². The van der Waals surface area contributed by atoms with Gasteiger partial charge in [-0.3, -0.25) is 0 Å². The van der Waals surface area contributed by atoms with Crippen LogP contribution in [0.25, 0.3) is 0 Å². The van der Waals surface area contributed by atoms with Gasteiger partial charge in [0, 0.05) is 31.5 Å². The molecule has 118 valence electrons. The van der Waals surface area contributed by atoms with Crippen molar-refractivity contribution >= 4 is 12.0 Å². The summed E-state index contributed by atoms with van der Waals surface area (Å²) in [4.78, 5) is 29.5. The fraction of sp³-hybridized carbons (Fsp3) is 0.615. The summed E-state index contributed by atoms with van der Waals surface area (Å²) in [7, 11) is 0. The van der Waals surface area contributed by atoms with Crippen LogP contribution in [-0.4, -0.2) is 51.9 Å². The number of carbonyl (C=O) groups excluding carboxylic acids is 1. The van der Waals surface area contributed by atoms with E-state index < -0.39 is 23.6 Å². The first-order chi connectivity index (χ1) is 9.84. The number of amides is 2. The highest BCUT2D eigenvalue weighted by molar-refractivity contribution is 5.82. The van der Waals surface area contributed by atoms with Gasteiger partial charge in [-0.05, 0) is 20.8 Å². The quantitative estimate of drug-likeness (QED) is 0.558. The molecule has 21 heavy (non-hydrogen) atoms. The van der Waals surface area contributed by atoms with E-state index in [1.807, 2.05) is 20.8 Å². The molecule has 0 saturated heterocycles. The van der Waals surface area contributed by atoms with Gasteiger partial charge in [0.25, 0.3) is 0 Å². The van der Waals surface area contributed by atoms with E-state index in [4.69, 9.17) is 9.84 Å². The van der Waals surface area contributed by atoms with Crippen LogP contribution in [0.5, 0.6) is 0 Å². The molecule has 1 aromatic heterocycles. The zero-order valence-corrected chi connectivity index (χ0v) is 12.5. The summed E-state index contributed by atoms with van der Waals surface area (Å²) >= 11 is 0. The highest BCUT2D eigenvalue weighted by atomic mass is 16.5. The minimum absolute atomic E-state index is 0.137. The van der Waals surface area contributed by atoms with Gasteiger partial charge in [-0.25, -0.2) is 14.6 Å². The Morgan fingerprint density at radius 1 is 1.52 bits per heavy atom. The number of carboxylic acids is 1. The number of aromatic nitrogens is 2. The largest absolute Gasteiger partial charge is 0.480 e. The third-order valence-electron chi connectivity index (χ3n) is 2.79. The summed E-state index contributed by atoms with van der Waals surface area (Å²) in [6.07, 6.45) is 3.12. The van der Waals surface area contributed by atoms with Gasteiger partial charge in [0.05, 0.1) is 11.9 Å². The molecule has 0 aliphatic heterocycles. The van der Waals surface area contributed by atoms with Gasteiger partial charge >= 0.3 is 12.0 Å². The highest BCUT2D eigenvalue weighted by Crippen LogP contribution is 2.06. The Balaban J connectivity index is 2.48. The minimum Gasteiger partial charge on any atom is -0.480 e. The molecule has 0 aliphatic carbocycles. The Morgan fingerprint density at radius 2 is 2.24 bits per heavy atom. The lowest BCUT2D eigenvalue weighted by Gasteiger charge is -2.25. The van der Waals surface area contributed by atoms with Crippen LogP contribution >= 0.6 is 0 Å². The zero-order valence-electron chi connectivity index (χ0n) is 12.5. The molecule has 0 aliphatic rings. The molecule has 0 saturated carbocycles. The number of rotatable bonds is 8. The lowest BCUT2D eigenvalue weighted by atomic mass is 10.1. The molecule has 1 aromatic rings. The van der Waals surface area contributed by atoms with E-state index in [1.54, 1.807) is 0 Å². The predicted molar refractivity (Wildman–Crippen MR) is 76.0 cm³/mol. The van der Waals surface area contributed by atoms with Gasteiger partial charge in [-0.2, -0.15) is 0 Å². The lowest BCUT2D eigenvalue weighted by molar-refractivity contribution is -0.139. The molecule has 4 N–H and O–H groups in total. The minimum atomic E-state index is -1.11. The van der Waals surface area contributed by atoms with Crippen molar-refractivity contribution in [1.29, 1.82) is 0 Å². The van der Waals surface area contributed by atoms with Gasteiger partial charge in [0.15, 0.2) is 0 Å². The maximum atomic E-state index is 11.8. The normalized spacial score (nSPS) is 12.7. The number of aliphatic carboxylic acids is 1. The SMILES string of the molecule is CCOC(C)(C)CNC(=O)N[C@@H](Cc1cnc[nH]1)C(=O)O. The average molecular weight is 298 g/mol. The van der Waals surface area contributed by atoms with Crippen molar-refractivity contribution in [2.24, 2.45) is 0 Å². The van der Waals surface area contributed by atoms with E-state index >= 15 is 0 Å². The van der Waals surface area contributed by atoms with Crippen LogP contribution in [0.2, 0.25) is 0 Å². The molecule has 1 rings (SSSR count). The Hall–Kier alpha value is -2.09. The number of H-pyrrole nitrogens is 1. The molecule has 2 amide bonds. The molecule has 0 unspecified atom stereocenters. The smallest absolute Gasteiger partial charge is 0.326 e. The first kappa shape index (κ1) is 17.0. The molecular formula is C13H22N4O4. The number of imidazole rings is 1. The zero-order chi connectivity index (χ0) is 15.9. The summed E-state index contributed by atoms with van der Waals surface area (Å²) < 4.78 is 5.45. The second kappa shape index (κ2) is 7.63. The molecule has 0 fully saturated rings. The van der Waals surface area contributed by atoms with Gasteiger partial charge in [0.1, 0.15) is 6.04 Å². The number of nitrogens with one attached hydrogen (secondary N) is 3. The van der Waals surface area contributed by atoms with Crippen LogP contribution in [0.3, 0.4) is 0 Å². The number of nitrogens with zero attached hydrogens (tertiary/aromatic N) is 1. The summed E-state index contributed by atoms with van der Waals surface area (Å²) in [6, 6.07) is -1.57. The van der Waals surface area contributed by atoms with Gasteiger partial charge in [-0.1, -0.05) is 0 Å². The first-order valence-corrected chi connectivity index (χ1v) is 6.72. The first-order valence-electron chi connectivity index (χ1n) is 6.72. The van der Waals surface area contributed by atoms with E-state index in [2.05, 4.69) is 20.6 Å². The number of hydrogen-bond donors (Lipinski definition) is 4. The molecule has 0 spiro atoms. The molecule has 0 bridgehead atoms. The number of carboxylic acid groups (broad SMARTS) is 1. The summed E-state index contributed by atoms with van der Waals surface area (Å²) in [5.41, 5.74) is 0.131. The molecule has 1 heterocycles. The number of hydrogen-bond acceptors (Lipinski definition) is 4. The van der Waals surface area contributed by atoms with Crippen LogP contribution in [0.1, 0.15) is 26.5 Å². The maximum absolute atomic E-state index is 11.8. The van der Waals surface area contributed by atoms with Crippen molar-refractivity contribution < 1.29 is 19.4 Å².